The monoisotopic (exact) mass is 368 g/mol. The number of rotatable bonds is 5. The van der Waals surface area contributed by atoms with Crippen LogP contribution >= 0.6 is 27.5 Å². The first kappa shape index (κ1) is 15.8. The van der Waals surface area contributed by atoms with Crippen molar-refractivity contribution in [1.82, 2.24) is 0 Å². The summed E-state index contributed by atoms with van der Waals surface area (Å²) in [5.74, 6) is 0. The van der Waals surface area contributed by atoms with Crippen LogP contribution in [0.1, 0.15) is 18.1 Å². The Balaban J connectivity index is 2.16. The Morgan fingerprint density at radius 2 is 1.95 bits per heavy atom. The first-order chi connectivity index (χ1) is 10.0. The first-order valence-corrected chi connectivity index (χ1v) is 7.63. The molecule has 0 aliphatic heterocycles. The molecule has 1 N–H and O–H groups in total. The highest BCUT2D eigenvalue weighted by Crippen LogP contribution is 2.26. The second kappa shape index (κ2) is 6.91. The lowest BCUT2D eigenvalue weighted by atomic mass is 10.1. The maximum absolute atomic E-state index is 11.1. The van der Waals surface area contributed by atoms with E-state index in [1.165, 1.54) is 0 Å². The minimum atomic E-state index is -0.351. The van der Waals surface area contributed by atoms with Crippen molar-refractivity contribution in [3.63, 3.8) is 0 Å². The van der Waals surface area contributed by atoms with Crippen molar-refractivity contribution in [2.24, 2.45) is 0 Å². The molecular weight excluding hydrogens is 356 g/mol. The highest BCUT2D eigenvalue weighted by molar-refractivity contribution is 9.10. The number of benzene rings is 2. The van der Waals surface area contributed by atoms with E-state index in [0.29, 0.717) is 23.7 Å². The normalized spacial score (nSPS) is 10.4. The van der Waals surface area contributed by atoms with Gasteiger partial charge in [-0.1, -0.05) is 46.6 Å². The van der Waals surface area contributed by atoms with E-state index >= 15 is 0 Å². The van der Waals surface area contributed by atoms with Gasteiger partial charge in [-0.3, -0.25) is 10.1 Å². The van der Waals surface area contributed by atoms with Gasteiger partial charge in [0.2, 0.25) is 0 Å². The molecule has 0 amide bonds. The zero-order valence-corrected chi connectivity index (χ0v) is 13.7. The SMILES string of the molecule is CCc1ccc(NCc2ccc(Br)cc2Cl)cc1[N+](=O)[O-]. The molecule has 0 atom stereocenters. The van der Waals surface area contributed by atoms with Gasteiger partial charge >= 0.3 is 0 Å². The molecule has 6 heteroatoms. The van der Waals surface area contributed by atoms with Gasteiger partial charge in [0.25, 0.3) is 5.69 Å². The number of hydrogen-bond donors (Lipinski definition) is 1. The molecule has 0 saturated heterocycles. The molecule has 110 valence electrons. The fourth-order valence-corrected chi connectivity index (χ4v) is 2.75. The van der Waals surface area contributed by atoms with Crippen LogP contribution in [-0.2, 0) is 13.0 Å². The second-order valence-electron chi connectivity index (χ2n) is 4.54. The Hall–Kier alpha value is -1.59. The van der Waals surface area contributed by atoms with Gasteiger partial charge in [-0.25, -0.2) is 0 Å². The van der Waals surface area contributed by atoms with Gasteiger partial charge in [0, 0.05) is 33.4 Å². The van der Waals surface area contributed by atoms with Gasteiger partial charge in [0.15, 0.2) is 0 Å². The molecule has 0 aromatic heterocycles. The van der Waals surface area contributed by atoms with Crippen molar-refractivity contribution in [2.75, 3.05) is 5.32 Å². The lowest BCUT2D eigenvalue weighted by Crippen LogP contribution is -2.02. The van der Waals surface area contributed by atoms with E-state index in [1.807, 2.05) is 31.2 Å². The van der Waals surface area contributed by atoms with Crippen LogP contribution in [0.25, 0.3) is 0 Å². The molecule has 2 aromatic carbocycles. The fourth-order valence-electron chi connectivity index (χ4n) is 2.01. The van der Waals surface area contributed by atoms with Crippen LogP contribution in [-0.4, -0.2) is 4.92 Å². The Bertz CT molecular complexity index is 677. The maximum atomic E-state index is 11.1. The molecule has 0 saturated carbocycles. The number of anilines is 1. The number of hydrogen-bond acceptors (Lipinski definition) is 3. The summed E-state index contributed by atoms with van der Waals surface area (Å²) in [6.45, 7) is 2.41. The molecule has 2 rings (SSSR count). The molecule has 0 unspecified atom stereocenters. The summed E-state index contributed by atoms with van der Waals surface area (Å²) in [5.41, 5.74) is 2.51. The van der Waals surface area contributed by atoms with Crippen molar-refractivity contribution in [1.29, 1.82) is 0 Å². The summed E-state index contributed by atoms with van der Waals surface area (Å²) in [4.78, 5) is 10.7. The number of aryl methyl sites for hydroxylation is 1. The molecule has 2 aromatic rings. The molecule has 0 fully saturated rings. The third-order valence-corrected chi connectivity index (χ3v) is 4.01. The average Bonchev–Trinajstić information content (AvgIpc) is 2.46. The van der Waals surface area contributed by atoms with Gasteiger partial charge in [-0.15, -0.1) is 0 Å². The Labute approximate surface area is 136 Å². The predicted octanol–water partition coefficient (Wildman–Crippen LogP) is 5.19. The van der Waals surface area contributed by atoms with Crippen molar-refractivity contribution in [2.45, 2.75) is 19.9 Å². The molecule has 21 heavy (non-hydrogen) atoms. The first-order valence-electron chi connectivity index (χ1n) is 6.46. The van der Waals surface area contributed by atoms with Gasteiger partial charge in [-0.2, -0.15) is 0 Å². The van der Waals surface area contributed by atoms with E-state index in [2.05, 4.69) is 21.2 Å². The molecule has 0 radical (unpaired) electrons. The van der Waals surface area contributed by atoms with Crippen molar-refractivity contribution in [3.05, 3.63) is 67.1 Å². The van der Waals surface area contributed by atoms with Gasteiger partial charge < -0.3 is 5.32 Å². The average molecular weight is 370 g/mol. The summed E-state index contributed by atoms with van der Waals surface area (Å²) < 4.78 is 0.916. The van der Waals surface area contributed by atoms with Gasteiger partial charge in [0.1, 0.15) is 0 Å². The Morgan fingerprint density at radius 3 is 2.57 bits per heavy atom. The lowest BCUT2D eigenvalue weighted by Gasteiger charge is -2.09. The summed E-state index contributed by atoms with van der Waals surface area (Å²) in [6, 6.07) is 10.8. The van der Waals surface area contributed by atoms with Crippen LogP contribution in [0.5, 0.6) is 0 Å². The zero-order chi connectivity index (χ0) is 15.4. The van der Waals surface area contributed by atoms with Gasteiger partial charge in [0.05, 0.1) is 4.92 Å². The zero-order valence-electron chi connectivity index (χ0n) is 11.4. The number of nitro benzene ring substituents is 1. The molecule has 0 aliphatic carbocycles. The second-order valence-corrected chi connectivity index (χ2v) is 5.87. The number of nitrogens with zero attached hydrogens (tertiary/aromatic N) is 1. The van der Waals surface area contributed by atoms with Crippen LogP contribution in [0.4, 0.5) is 11.4 Å². The number of nitrogens with one attached hydrogen (secondary N) is 1. The van der Waals surface area contributed by atoms with Crippen molar-refractivity contribution < 1.29 is 4.92 Å². The summed E-state index contributed by atoms with van der Waals surface area (Å²) in [7, 11) is 0. The van der Waals surface area contributed by atoms with Crippen LogP contribution in [0.15, 0.2) is 40.9 Å². The van der Waals surface area contributed by atoms with Crippen LogP contribution < -0.4 is 5.32 Å². The predicted molar refractivity (Wildman–Crippen MR) is 89.0 cm³/mol. The van der Waals surface area contributed by atoms with E-state index in [-0.39, 0.29) is 10.6 Å². The highest BCUT2D eigenvalue weighted by Gasteiger charge is 2.13. The Morgan fingerprint density at radius 1 is 1.24 bits per heavy atom. The van der Waals surface area contributed by atoms with Crippen LogP contribution in [0.3, 0.4) is 0 Å². The Kier molecular flexibility index (Phi) is 5.20. The van der Waals surface area contributed by atoms with E-state index in [0.717, 1.165) is 15.6 Å². The number of halogens is 2. The van der Waals surface area contributed by atoms with Crippen molar-refractivity contribution in [3.8, 4) is 0 Å². The topological polar surface area (TPSA) is 55.2 Å². The van der Waals surface area contributed by atoms with E-state index < -0.39 is 0 Å². The smallest absolute Gasteiger partial charge is 0.274 e. The third-order valence-electron chi connectivity index (χ3n) is 3.16. The summed E-state index contributed by atoms with van der Waals surface area (Å²) in [6.07, 6.45) is 0.634. The minimum absolute atomic E-state index is 0.143. The van der Waals surface area contributed by atoms with Gasteiger partial charge in [-0.05, 0) is 30.2 Å². The summed E-state index contributed by atoms with van der Waals surface area (Å²) in [5, 5.41) is 14.9. The van der Waals surface area contributed by atoms with Crippen molar-refractivity contribution >= 4 is 38.9 Å². The molecule has 0 aliphatic rings. The number of nitro groups is 1. The van der Waals surface area contributed by atoms with E-state index in [1.54, 1.807) is 12.1 Å². The molecular formula is C15H14BrClN2O2. The fraction of sp³-hybridized carbons (Fsp3) is 0.200. The van der Waals surface area contributed by atoms with E-state index in [9.17, 15) is 10.1 Å². The molecule has 4 nitrogen and oxygen atoms in total. The minimum Gasteiger partial charge on any atom is -0.381 e. The third kappa shape index (κ3) is 3.95. The maximum Gasteiger partial charge on any atom is 0.274 e. The van der Waals surface area contributed by atoms with Crippen LogP contribution in [0, 0.1) is 10.1 Å². The van der Waals surface area contributed by atoms with E-state index in [4.69, 9.17) is 11.6 Å². The van der Waals surface area contributed by atoms with Crippen LogP contribution in [0.2, 0.25) is 5.02 Å². The highest BCUT2D eigenvalue weighted by atomic mass is 79.9. The summed E-state index contributed by atoms with van der Waals surface area (Å²) >= 11 is 9.50. The molecule has 0 heterocycles. The largest absolute Gasteiger partial charge is 0.381 e. The lowest BCUT2D eigenvalue weighted by molar-refractivity contribution is -0.385. The standard InChI is InChI=1S/C15H14BrClN2O2/c1-2-10-4-6-13(8-15(10)19(20)21)18-9-11-3-5-12(16)7-14(11)17/h3-8,18H,2,9H2,1H3. The quantitative estimate of drug-likeness (QED) is 0.583. The molecule has 0 spiro atoms. The molecule has 0 bridgehead atoms.